The third-order valence-corrected chi connectivity index (χ3v) is 6.96. The van der Waals surface area contributed by atoms with Gasteiger partial charge in [0.15, 0.2) is 5.78 Å². The van der Waals surface area contributed by atoms with Crippen LogP contribution in [-0.2, 0) is 18.4 Å². The molecule has 27 heavy (non-hydrogen) atoms. The van der Waals surface area contributed by atoms with Crippen LogP contribution in [0.3, 0.4) is 0 Å². The average molecular weight is 397 g/mol. The molecule has 150 valence electrons. The fourth-order valence-corrected chi connectivity index (χ4v) is 5.17. The van der Waals surface area contributed by atoms with E-state index in [1.807, 2.05) is 19.9 Å². The molecule has 0 N–H and O–H groups in total. The summed E-state index contributed by atoms with van der Waals surface area (Å²) in [5.74, 6) is 0.246. The zero-order valence-electron chi connectivity index (χ0n) is 16.3. The summed E-state index contributed by atoms with van der Waals surface area (Å²) >= 11 is 0. The molecule has 1 saturated heterocycles. The number of ketones is 1. The number of piperidine rings is 1. The number of amides is 1. The summed E-state index contributed by atoms with van der Waals surface area (Å²) in [7, 11) is -3.67. The van der Waals surface area contributed by atoms with Gasteiger partial charge in [0.05, 0.1) is 13.2 Å². The summed E-state index contributed by atoms with van der Waals surface area (Å²) in [6.07, 6.45) is -0.479. The first kappa shape index (κ1) is 21.6. The Morgan fingerprint density at radius 1 is 1.19 bits per heavy atom. The third-order valence-electron chi connectivity index (χ3n) is 4.50. The van der Waals surface area contributed by atoms with E-state index < -0.39 is 19.3 Å². The molecule has 2 atom stereocenters. The zero-order valence-corrected chi connectivity index (χ0v) is 17.2. The standard InChI is InChI=1S/C19H28NO6P/c1-5-24-27(23,25-6-2)18-13-20(16(14(3)4)12-17(18)21)19(22)26-15-10-8-7-9-11-15/h7-11,14,16,18H,5-6,12-13H2,1-4H3. The second-order valence-electron chi connectivity index (χ2n) is 6.71. The van der Waals surface area contributed by atoms with Crippen LogP contribution in [0, 0.1) is 5.92 Å². The minimum Gasteiger partial charge on any atom is -0.410 e. The molecule has 1 aliphatic heterocycles. The smallest absolute Gasteiger partial charge is 0.410 e. The van der Waals surface area contributed by atoms with Crippen molar-refractivity contribution in [2.45, 2.75) is 45.8 Å². The van der Waals surface area contributed by atoms with Crippen LogP contribution in [0.4, 0.5) is 4.79 Å². The average Bonchev–Trinajstić information content (AvgIpc) is 2.62. The molecule has 0 spiro atoms. The number of carbonyl (C=O) groups is 2. The Hall–Kier alpha value is -1.69. The maximum absolute atomic E-state index is 13.1. The number of likely N-dealkylation sites (tertiary alicyclic amines) is 1. The van der Waals surface area contributed by atoms with E-state index in [0.29, 0.717) is 5.75 Å². The van der Waals surface area contributed by atoms with E-state index >= 15 is 0 Å². The van der Waals surface area contributed by atoms with Crippen molar-refractivity contribution in [1.82, 2.24) is 4.90 Å². The van der Waals surface area contributed by atoms with Crippen molar-refractivity contribution in [2.75, 3.05) is 19.8 Å². The molecule has 0 radical (unpaired) electrons. The van der Waals surface area contributed by atoms with E-state index in [-0.39, 0.29) is 43.9 Å². The SMILES string of the molecule is CCOP(=O)(OCC)C1CN(C(=O)Oc2ccccc2)C(C(C)C)CC1=O. The van der Waals surface area contributed by atoms with Crippen LogP contribution < -0.4 is 4.74 Å². The molecule has 2 unspecified atom stereocenters. The Balaban J connectivity index is 2.27. The fourth-order valence-electron chi connectivity index (χ4n) is 3.18. The van der Waals surface area contributed by atoms with Gasteiger partial charge in [-0.25, -0.2) is 4.79 Å². The van der Waals surface area contributed by atoms with Crippen molar-refractivity contribution in [3.8, 4) is 5.75 Å². The molecule has 1 amide bonds. The van der Waals surface area contributed by atoms with Gasteiger partial charge in [0.2, 0.25) is 0 Å². The van der Waals surface area contributed by atoms with E-state index in [4.69, 9.17) is 13.8 Å². The molecular weight excluding hydrogens is 369 g/mol. The molecule has 7 nitrogen and oxygen atoms in total. The Morgan fingerprint density at radius 3 is 2.30 bits per heavy atom. The summed E-state index contributed by atoms with van der Waals surface area (Å²) in [4.78, 5) is 27.0. The van der Waals surface area contributed by atoms with Gasteiger partial charge in [-0.15, -0.1) is 0 Å². The highest BCUT2D eigenvalue weighted by Crippen LogP contribution is 2.55. The van der Waals surface area contributed by atoms with Gasteiger partial charge in [0, 0.05) is 19.0 Å². The largest absolute Gasteiger partial charge is 0.415 e. The van der Waals surface area contributed by atoms with Crippen LogP contribution in [0.5, 0.6) is 5.75 Å². The maximum atomic E-state index is 13.1. The first-order valence-electron chi connectivity index (χ1n) is 9.27. The number of rotatable bonds is 7. The maximum Gasteiger partial charge on any atom is 0.415 e. The van der Waals surface area contributed by atoms with Crippen LogP contribution >= 0.6 is 7.60 Å². The van der Waals surface area contributed by atoms with Gasteiger partial charge in [-0.1, -0.05) is 32.0 Å². The molecule has 1 aromatic carbocycles. The first-order valence-corrected chi connectivity index (χ1v) is 10.9. The Morgan fingerprint density at radius 2 is 1.78 bits per heavy atom. The molecule has 1 aromatic rings. The van der Waals surface area contributed by atoms with E-state index in [1.165, 1.54) is 4.90 Å². The van der Waals surface area contributed by atoms with Gasteiger partial charge in [-0.3, -0.25) is 9.36 Å². The van der Waals surface area contributed by atoms with Crippen molar-refractivity contribution in [1.29, 1.82) is 0 Å². The summed E-state index contributed by atoms with van der Waals surface area (Å²) in [5.41, 5.74) is -1.00. The van der Waals surface area contributed by atoms with Gasteiger partial charge in [-0.2, -0.15) is 0 Å². The number of benzene rings is 1. The number of Topliss-reactive ketones (excluding diaryl/α,β-unsaturated/α-hetero) is 1. The quantitative estimate of drug-likeness (QED) is 0.644. The molecule has 0 aromatic heterocycles. The monoisotopic (exact) mass is 397 g/mol. The second kappa shape index (κ2) is 9.49. The molecule has 1 aliphatic rings. The Bertz CT molecular complexity index is 683. The van der Waals surface area contributed by atoms with Crippen molar-refractivity contribution in [3.05, 3.63) is 30.3 Å². The van der Waals surface area contributed by atoms with Crippen molar-refractivity contribution in [3.63, 3.8) is 0 Å². The number of nitrogens with zero attached hydrogens (tertiary/aromatic N) is 1. The van der Waals surface area contributed by atoms with Gasteiger partial charge in [0.25, 0.3) is 0 Å². The van der Waals surface area contributed by atoms with Crippen LogP contribution in [0.15, 0.2) is 30.3 Å². The van der Waals surface area contributed by atoms with E-state index in [1.54, 1.807) is 38.1 Å². The van der Waals surface area contributed by atoms with Crippen molar-refractivity contribution in [2.24, 2.45) is 5.92 Å². The van der Waals surface area contributed by atoms with E-state index in [2.05, 4.69) is 0 Å². The zero-order chi connectivity index (χ0) is 20.0. The molecule has 1 heterocycles. The number of carbonyl (C=O) groups excluding carboxylic acids is 2. The van der Waals surface area contributed by atoms with E-state index in [0.717, 1.165) is 0 Å². The number of hydrogen-bond donors (Lipinski definition) is 0. The lowest BCUT2D eigenvalue weighted by Gasteiger charge is -2.41. The van der Waals surface area contributed by atoms with Gasteiger partial charge in [-0.05, 0) is 31.9 Å². The highest BCUT2D eigenvalue weighted by Gasteiger charge is 2.49. The molecule has 0 saturated carbocycles. The topological polar surface area (TPSA) is 82.1 Å². The third kappa shape index (κ3) is 5.18. The summed E-state index contributed by atoms with van der Waals surface area (Å²) in [5, 5.41) is 0. The molecule has 1 fully saturated rings. The molecule has 0 aliphatic carbocycles. The van der Waals surface area contributed by atoms with Gasteiger partial charge in [0.1, 0.15) is 11.4 Å². The summed E-state index contributed by atoms with van der Waals surface area (Å²) in [6.45, 7) is 7.52. The summed E-state index contributed by atoms with van der Waals surface area (Å²) in [6, 6.07) is 8.39. The second-order valence-corrected chi connectivity index (χ2v) is 8.93. The van der Waals surface area contributed by atoms with Crippen LogP contribution in [0.25, 0.3) is 0 Å². The Labute approximate surface area is 160 Å². The van der Waals surface area contributed by atoms with E-state index in [9.17, 15) is 14.2 Å². The number of hydrogen-bond acceptors (Lipinski definition) is 6. The fraction of sp³-hybridized carbons (Fsp3) is 0.579. The number of ether oxygens (including phenoxy) is 1. The van der Waals surface area contributed by atoms with Crippen molar-refractivity contribution < 1.29 is 27.9 Å². The summed E-state index contributed by atoms with van der Waals surface area (Å²) < 4.78 is 29.3. The van der Waals surface area contributed by atoms with Crippen molar-refractivity contribution >= 4 is 19.5 Å². The minimum atomic E-state index is -3.67. The van der Waals surface area contributed by atoms with Crippen LogP contribution in [-0.4, -0.2) is 48.2 Å². The highest BCUT2D eigenvalue weighted by molar-refractivity contribution is 7.55. The lowest BCUT2D eigenvalue weighted by molar-refractivity contribution is -0.123. The Kier molecular flexibility index (Phi) is 7.59. The minimum absolute atomic E-state index is 0.0387. The molecular formula is C19H28NO6P. The van der Waals surface area contributed by atoms with Crippen LogP contribution in [0.1, 0.15) is 34.1 Å². The predicted molar refractivity (Wildman–Crippen MR) is 102 cm³/mol. The first-order chi connectivity index (χ1) is 12.8. The highest BCUT2D eigenvalue weighted by atomic mass is 31.2. The van der Waals surface area contributed by atoms with Gasteiger partial charge >= 0.3 is 13.7 Å². The molecule has 8 heteroatoms. The number of para-hydroxylation sites is 1. The lowest BCUT2D eigenvalue weighted by atomic mass is 9.92. The lowest BCUT2D eigenvalue weighted by Crippen LogP contribution is -2.55. The predicted octanol–water partition coefficient (Wildman–Crippen LogP) is 4.12. The van der Waals surface area contributed by atoms with Crippen LogP contribution in [0.2, 0.25) is 0 Å². The van der Waals surface area contributed by atoms with Gasteiger partial charge < -0.3 is 18.7 Å². The molecule has 2 rings (SSSR count). The normalized spacial score (nSPS) is 20.8. The molecule has 0 bridgehead atoms.